The maximum atomic E-state index is 14.0. The van der Waals surface area contributed by atoms with E-state index in [0.29, 0.717) is 0 Å². The van der Waals surface area contributed by atoms with E-state index in [9.17, 15) is 66.3 Å². The number of hydrogen-bond donors (Lipinski definition) is 0. The fourth-order valence-corrected chi connectivity index (χ4v) is 8.31. The second kappa shape index (κ2) is 8.29. The van der Waals surface area contributed by atoms with Gasteiger partial charge in [0.15, 0.2) is 0 Å². The van der Waals surface area contributed by atoms with Crippen molar-refractivity contribution in [3.8, 4) is 0 Å². The highest BCUT2D eigenvalue weighted by Gasteiger charge is 2.93. The summed E-state index contributed by atoms with van der Waals surface area (Å²) < 4.78 is 53.4. The number of rotatable bonds is 0. The summed E-state index contributed by atoms with van der Waals surface area (Å²) in [5.74, 6) is -21.5. The lowest BCUT2D eigenvalue weighted by molar-refractivity contribution is -0.195. The summed E-state index contributed by atoms with van der Waals surface area (Å²) in [4.78, 5) is 134. The lowest BCUT2D eigenvalue weighted by Crippen LogP contribution is -2.72. The molecule has 0 aromatic heterocycles. The van der Waals surface area contributed by atoms with E-state index >= 15 is 0 Å². The number of hydrogen-bond acceptors (Lipinski definition) is 18. The van der Waals surface area contributed by atoms with Crippen molar-refractivity contribution < 1.29 is 94.7 Å². The van der Waals surface area contributed by atoms with Gasteiger partial charge in [0, 0.05) is 0 Å². The molecule has 0 aromatic carbocycles. The molecule has 3 saturated carbocycles. The van der Waals surface area contributed by atoms with Crippen LogP contribution < -0.4 is 0 Å². The highest BCUT2D eigenvalue weighted by Crippen LogP contribution is 2.70. The van der Waals surface area contributed by atoms with Gasteiger partial charge in [0.05, 0.1) is 46.3 Å². The van der Waals surface area contributed by atoms with Gasteiger partial charge >= 0.3 is 71.6 Å². The molecule has 0 radical (unpaired) electrons. The lowest BCUT2D eigenvalue weighted by atomic mass is 9.41. The largest absolute Gasteiger partial charge is 0.393 e. The van der Waals surface area contributed by atoms with E-state index in [4.69, 9.17) is 0 Å². The molecule has 9 rings (SSSR count). The summed E-state index contributed by atoms with van der Waals surface area (Å²) >= 11 is 0. The van der Waals surface area contributed by atoms with E-state index in [1.165, 1.54) is 13.8 Å². The van der Waals surface area contributed by atoms with Crippen molar-refractivity contribution in [3.63, 3.8) is 0 Å². The first kappa shape index (κ1) is 29.4. The van der Waals surface area contributed by atoms with Crippen LogP contribution >= 0.6 is 0 Å². The Morgan fingerprint density at radius 1 is 0.370 bits per heavy atom. The molecule has 9 aliphatic rings. The van der Waals surface area contributed by atoms with Gasteiger partial charge in [-0.3, -0.25) is 47.9 Å². The first-order chi connectivity index (χ1) is 21.3. The van der Waals surface area contributed by atoms with Gasteiger partial charge in [-0.25, -0.2) is 18.4 Å². The maximum Gasteiger partial charge on any atom is 0.353 e. The predicted molar refractivity (Wildman–Crippen MR) is 118 cm³/mol. The molecule has 0 unspecified atom stereocenters. The maximum absolute atomic E-state index is 14.0. The monoisotopic (exact) mass is 652 g/mol. The molecule has 6 heterocycles. The van der Waals surface area contributed by atoms with E-state index < -0.39 is 141 Å². The molecule has 0 aromatic rings. The topological polar surface area (TPSA) is 260 Å². The Morgan fingerprint density at radius 3 is 0.891 bits per heavy atom. The van der Waals surface area contributed by atoms with Crippen molar-refractivity contribution in [1.29, 1.82) is 0 Å². The Labute approximate surface area is 250 Å². The average Bonchev–Trinajstić information content (AvgIpc) is 3.55. The van der Waals surface area contributed by atoms with Crippen molar-refractivity contribution in [3.05, 3.63) is 0 Å². The molecule has 3 aliphatic carbocycles. The van der Waals surface area contributed by atoms with Crippen molar-refractivity contribution in [2.75, 3.05) is 0 Å². The zero-order chi connectivity index (χ0) is 33.8. The Hall–Kier alpha value is -5.30. The van der Waals surface area contributed by atoms with Gasteiger partial charge in [-0.05, 0) is 13.8 Å². The van der Waals surface area contributed by atoms with Crippen LogP contribution in [0.2, 0.25) is 0 Å². The number of carbonyl (C=O) groups is 12. The van der Waals surface area contributed by atoms with Gasteiger partial charge in [0.25, 0.3) is 0 Å². The van der Waals surface area contributed by atoms with Crippen LogP contribution in [-0.4, -0.2) is 83.0 Å². The molecule has 0 N–H and O–H groups in total. The number of halogens is 2. The summed E-state index contributed by atoms with van der Waals surface area (Å²) in [6.45, 7) is 2.94. The Bertz CT molecular complexity index is 1480. The van der Waals surface area contributed by atoms with Crippen LogP contribution in [0.25, 0.3) is 0 Å². The molecule has 9 fully saturated rings. The van der Waals surface area contributed by atoms with Crippen molar-refractivity contribution >= 4 is 71.6 Å². The van der Waals surface area contributed by atoms with Crippen molar-refractivity contribution in [1.82, 2.24) is 0 Å². The number of cyclic esters (lactones) is 12. The minimum Gasteiger partial charge on any atom is -0.393 e. The molecule has 0 amide bonds. The molecular formula is C26H14F2O18. The van der Waals surface area contributed by atoms with Gasteiger partial charge in [-0.15, -0.1) is 0 Å². The summed E-state index contributed by atoms with van der Waals surface area (Å²) in [5.41, 5.74) is -8.66. The fraction of sp³-hybridized carbons (Fsp3) is 0.538. The third kappa shape index (κ3) is 2.86. The molecule has 0 spiro atoms. The third-order valence-electron chi connectivity index (χ3n) is 10.3. The van der Waals surface area contributed by atoms with Gasteiger partial charge in [0.2, 0.25) is 11.3 Å². The van der Waals surface area contributed by atoms with Gasteiger partial charge in [-0.1, -0.05) is 0 Å². The molecule has 46 heavy (non-hydrogen) atoms. The Morgan fingerprint density at radius 2 is 0.609 bits per heavy atom. The Balaban J connectivity index is 0.000000110. The Kier molecular flexibility index (Phi) is 5.30. The van der Waals surface area contributed by atoms with Gasteiger partial charge < -0.3 is 28.4 Å². The van der Waals surface area contributed by atoms with Crippen LogP contribution in [0.5, 0.6) is 0 Å². The van der Waals surface area contributed by atoms with Crippen molar-refractivity contribution in [2.45, 2.75) is 25.2 Å². The molecular weight excluding hydrogens is 638 g/mol. The SMILES string of the molecule is CC12C(=O)OC(=O)C1C1(C)C(=O)OC(=O)C21.O=C1OC(=O)C2(F)C1C1(F)C(=O)OC(=O)C21.O=C1OC(=O)C2C1C1C(=O)OC(=O)C21. The average molecular weight is 652 g/mol. The predicted octanol–water partition coefficient (Wildman–Crippen LogP) is -3.14. The normalized spacial score (nSPS) is 47.7. The number of alkyl halides is 2. The molecule has 18 nitrogen and oxygen atoms in total. The second-order valence-electron chi connectivity index (χ2n) is 12.3. The van der Waals surface area contributed by atoms with E-state index in [2.05, 4.69) is 28.4 Å². The minimum atomic E-state index is -3.10. The van der Waals surface area contributed by atoms with Crippen LogP contribution in [0.4, 0.5) is 8.78 Å². The molecule has 240 valence electrons. The molecule has 6 saturated heterocycles. The number of ether oxygens (including phenoxy) is 6. The van der Waals surface area contributed by atoms with Gasteiger partial charge in [-0.2, -0.15) is 0 Å². The standard InChI is InChI=1S/C10H8O6.C8H2F2O6.C8H4O6/c1-9-3(5(11)15-7(9)13)10(2)4(9)6(12)16-8(10)14;9-7-1(3(11)15-5(7)13)8(10)2(7)4(12)16-6(8)14;9-5-1-2(6(10)13-5)4-3(1)7(11)14-8(4)12/h3-4H,1-2H3;1-2H;1-4H. The van der Waals surface area contributed by atoms with Crippen LogP contribution in [0.15, 0.2) is 0 Å². The third-order valence-corrected chi connectivity index (χ3v) is 10.3. The summed E-state index contributed by atoms with van der Waals surface area (Å²) in [6, 6.07) is 0. The molecule has 0 atom stereocenters. The molecule has 0 bridgehead atoms. The van der Waals surface area contributed by atoms with E-state index in [1.807, 2.05) is 0 Å². The minimum absolute atomic E-state index is 0.715. The van der Waals surface area contributed by atoms with Crippen LogP contribution in [0, 0.1) is 58.2 Å². The van der Waals surface area contributed by atoms with Crippen LogP contribution in [0.3, 0.4) is 0 Å². The first-order valence-corrected chi connectivity index (χ1v) is 13.2. The number of fused-ring (bicyclic) bond motifs is 12. The van der Waals surface area contributed by atoms with E-state index in [-0.39, 0.29) is 0 Å². The van der Waals surface area contributed by atoms with E-state index in [1.54, 1.807) is 0 Å². The highest BCUT2D eigenvalue weighted by molar-refractivity contribution is 6.18. The summed E-state index contributed by atoms with van der Waals surface area (Å²) in [6.07, 6.45) is 0. The first-order valence-electron chi connectivity index (χ1n) is 13.2. The zero-order valence-corrected chi connectivity index (χ0v) is 22.7. The number of esters is 12. The van der Waals surface area contributed by atoms with Gasteiger partial charge in [0.1, 0.15) is 11.8 Å². The zero-order valence-electron chi connectivity index (χ0n) is 22.7. The fourth-order valence-electron chi connectivity index (χ4n) is 8.31. The molecule has 20 heteroatoms. The lowest BCUT2D eigenvalue weighted by Gasteiger charge is -2.50. The highest BCUT2D eigenvalue weighted by atomic mass is 19.2. The summed E-state index contributed by atoms with van der Waals surface area (Å²) in [5, 5.41) is 0. The summed E-state index contributed by atoms with van der Waals surface area (Å²) in [7, 11) is 0. The second-order valence-corrected chi connectivity index (χ2v) is 12.3. The number of carbonyl (C=O) groups excluding carboxylic acids is 12. The van der Waals surface area contributed by atoms with E-state index in [0.717, 1.165) is 0 Å². The van der Waals surface area contributed by atoms with Crippen molar-refractivity contribution in [2.24, 2.45) is 58.2 Å². The smallest absolute Gasteiger partial charge is 0.353 e. The van der Waals surface area contributed by atoms with Crippen LogP contribution in [-0.2, 0) is 86.0 Å². The molecule has 6 aliphatic heterocycles. The quantitative estimate of drug-likeness (QED) is 0.142. The van der Waals surface area contributed by atoms with Crippen LogP contribution in [0.1, 0.15) is 13.8 Å².